The van der Waals surface area contributed by atoms with Gasteiger partial charge in [0.25, 0.3) is 0 Å². The van der Waals surface area contributed by atoms with Crippen LogP contribution in [0.2, 0.25) is 5.02 Å². The zero-order valence-electron chi connectivity index (χ0n) is 11.5. The zero-order valence-corrected chi connectivity index (χ0v) is 12.2. The van der Waals surface area contributed by atoms with Crippen molar-refractivity contribution in [3.05, 3.63) is 22.7 Å². The number of methoxy groups -OCH3 is 1. The van der Waals surface area contributed by atoms with Crippen LogP contribution in [0, 0.1) is 0 Å². The van der Waals surface area contributed by atoms with Gasteiger partial charge >= 0.3 is 0 Å². The van der Waals surface area contributed by atoms with Gasteiger partial charge in [-0.3, -0.25) is 0 Å². The van der Waals surface area contributed by atoms with Crippen molar-refractivity contribution in [1.29, 1.82) is 0 Å². The van der Waals surface area contributed by atoms with Crippen molar-refractivity contribution in [2.24, 2.45) is 0 Å². The van der Waals surface area contributed by atoms with Crippen LogP contribution in [-0.2, 0) is 0 Å². The SMILES string of the molecule is COc1cc(Cl)cc(C(C)CO)c1OC1CCCC1. The van der Waals surface area contributed by atoms with Crippen LogP contribution in [0.1, 0.15) is 44.1 Å². The summed E-state index contributed by atoms with van der Waals surface area (Å²) < 4.78 is 11.5. The number of benzene rings is 1. The third-order valence-electron chi connectivity index (χ3n) is 3.66. The summed E-state index contributed by atoms with van der Waals surface area (Å²) in [6, 6.07) is 3.62. The van der Waals surface area contributed by atoms with E-state index in [1.165, 1.54) is 12.8 Å². The first kappa shape index (κ1) is 14.5. The van der Waals surface area contributed by atoms with Gasteiger partial charge in [0.15, 0.2) is 11.5 Å². The molecule has 19 heavy (non-hydrogen) atoms. The molecule has 106 valence electrons. The predicted molar refractivity (Wildman–Crippen MR) is 76.4 cm³/mol. The highest BCUT2D eigenvalue weighted by Gasteiger charge is 2.23. The molecule has 1 aliphatic carbocycles. The first-order chi connectivity index (χ1) is 9.15. The lowest BCUT2D eigenvalue weighted by Gasteiger charge is -2.22. The van der Waals surface area contributed by atoms with E-state index in [1.54, 1.807) is 13.2 Å². The third-order valence-corrected chi connectivity index (χ3v) is 3.88. The Morgan fingerprint density at radius 3 is 2.63 bits per heavy atom. The molecule has 0 aromatic heterocycles. The number of aliphatic hydroxyl groups excluding tert-OH is 1. The molecule has 1 aromatic rings. The molecule has 3 nitrogen and oxygen atoms in total. The Balaban J connectivity index is 2.35. The lowest BCUT2D eigenvalue weighted by Crippen LogP contribution is -2.14. The molecule has 0 aliphatic heterocycles. The maximum Gasteiger partial charge on any atom is 0.165 e. The lowest BCUT2D eigenvalue weighted by molar-refractivity contribution is 0.194. The van der Waals surface area contributed by atoms with Gasteiger partial charge in [-0.1, -0.05) is 18.5 Å². The molecule has 0 bridgehead atoms. The van der Waals surface area contributed by atoms with Crippen LogP contribution >= 0.6 is 11.6 Å². The van der Waals surface area contributed by atoms with Crippen LogP contribution in [0.4, 0.5) is 0 Å². The van der Waals surface area contributed by atoms with E-state index < -0.39 is 0 Å². The molecular weight excluding hydrogens is 264 g/mol. The highest BCUT2D eigenvalue weighted by Crippen LogP contribution is 2.40. The van der Waals surface area contributed by atoms with Crippen LogP contribution in [0.25, 0.3) is 0 Å². The van der Waals surface area contributed by atoms with E-state index in [-0.39, 0.29) is 18.6 Å². The van der Waals surface area contributed by atoms with Gasteiger partial charge in [-0.25, -0.2) is 0 Å². The number of rotatable bonds is 5. The van der Waals surface area contributed by atoms with Gasteiger partial charge in [0.1, 0.15) is 0 Å². The number of halogens is 1. The highest BCUT2D eigenvalue weighted by atomic mass is 35.5. The molecule has 0 heterocycles. The van der Waals surface area contributed by atoms with Crippen molar-refractivity contribution in [3.63, 3.8) is 0 Å². The van der Waals surface area contributed by atoms with E-state index in [0.717, 1.165) is 24.2 Å². The van der Waals surface area contributed by atoms with Gasteiger partial charge in [0, 0.05) is 29.2 Å². The Morgan fingerprint density at radius 2 is 2.05 bits per heavy atom. The highest BCUT2D eigenvalue weighted by molar-refractivity contribution is 6.30. The smallest absolute Gasteiger partial charge is 0.165 e. The summed E-state index contributed by atoms with van der Waals surface area (Å²) in [5.74, 6) is 1.36. The molecule has 1 N–H and O–H groups in total. The van der Waals surface area contributed by atoms with Crippen LogP contribution in [-0.4, -0.2) is 24.9 Å². The molecule has 0 spiro atoms. The molecular formula is C15H21ClO3. The van der Waals surface area contributed by atoms with Crippen LogP contribution in [0.5, 0.6) is 11.5 Å². The molecule has 1 atom stereocenters. The largest absolute Gasteiger partial charge is 0.493 e. The molecule has 4 heteroatoms. The number of hydrogen-bond donors (Lipinski definition) is 1. The molecule has 1 aromatic carbocycles. The summed E-state index contributed by atoms with van der Waals surface area (Å²) in [5, 5.41) is 9.99. The molecule has 0 saturated heterocycles. The first-order valence-corrected chi connectivity index (χ1v) is 7.18. The van der Waals surface area contributed by atoms with Crippen molar-refractivity contribution in [3.8, 4) is 11.5 Å². The van der Waals surface area contributed by atoms with Crippen molar-refractivity contribution in [2.45, 2.75) is 44.6 Å². The summed E-state index contributed by atoms with van der Waals surface area (Å²) in [6.07, 6.45) is 4.84. The Labute approximate surface area is 119 Å². The molecule has 0 amide bonds. The minimum absolute atomic E-state index is 0.0241. The Bertz CT molecular complexity index is 428. The van der Waals surface area contributed by atoms with Gasteiger partial charge in [-0.05, 0) is 31.7 Å². The molecule has 2 rings (SSSR count). The summed E-state index contributed by atoms with van der Waals surface area (Å²) in [6.45, 7) is 2.01. The average molecular weight is 285 g/mol. The summed E-state index contributed by atoms with van der Waals surface area (Å²) >= 11 is 6.10. The maximum absolute atomic E-state index is 9.39. The Morgan fingerprint density at radius 1 is 1.37 bits per heavy atom. The number of ether oxygens (including phenoxy) is 2. The minimum atomic E-state index is -0.0241. The fourth-order valence-electron chi connectivity index (χ4n) is 2.50. The van der Waals surface area contributed by atoms with Gasteiger partial charge in [-0.2, -0.15) is 0 Å². The van der Waals surface area contributed by atoms with E-state index in [2.05, 4.69) is 0 Å². The second-order valence-corrected chi connectivity index (χ2v) is 5.57. The van der Waals surface area contributed by atoms with Gasteiger partial charge < -0.3 is 14.6 Å². The third kappa shape index (κ3) is 3.34. The van der Waals surface area contributed by atoms with E-state index in [9.17, 15) is 5.11 Å². The van der Waals surface area contributed by atoms with E-state index >= 15 is 0 Å². The average Bonchev–Trinajstić information content (AvgIpc) is 2.92. The monoisotopic (exact) mass is 284 g/mol. The van der Waals surface area contributed by atoms with Crippen molar-refractivity contribution < 1.29 is 14.6 Å². The van der Waals surface area contributed by atoms with Crippen molar-refractivity contribution in [2.75, 3.05) is 13.7 Å². The second-order valence-electron chi connectivity index (χ2n) is 5.13. The fourth-order valence-corrected chi connectivity index (χ4v) is 2.72. The fraction of sp³-hybridized carbons (Fsp3) is 0.600. The number of hydrogen-bond acceptors (Lipinski definition) is 3. The molecule has 1 aliphatic rings. The zero-order chi connectivity index (χ0) is 13.8. The molecule has 1 unspecified atom stereocenters. The van der Waals surface area contributed by atoms with Crippen LogP contribution in [0.3, 0.4) is 0 Å². The molecule has 0 radical (unpaired) electrons. The summed E-state index contributed by atoms with van der Waals surface area (Å²) in [7, 11) is 1.61. The molecule has 1 saturated carbocycles. The summed E-state index contributed by atoms with van der Waals surface area (Å²) in [4.78, 5) is 0. The van der Waals surface area contributed by atoms with Crippen LogP contribution < -0.4 is 9.47 Å². The van der Waals surface area contributed by atoms with E-state index in [4.69, 9.17) is 21.1 Å². The van der Waals surface area contributed by atoms with Gasteiger partial charge in [-0.15, -0.1) is 0 Å². The first-order valence-electron chi connectivity index (χ1n) is 6.80. The van der Waals surface area contributed by atoms with Gasteiger partial charge in [0.2, 0.25) is 0 Å². The Kier molecular flexibility index (Phi) is 4.94. The van der Waals surface area contributed by atoms with E-state index in [1.807, 2.05) is 13.0 Å². The standard InChI is InChI=1S/C15H21ClO3/c1-10(9-17)13-7-11(16)8-14(18-2)15(13)19-12-5-3-4-6-12/h7-8,10,12,17H,3-6,9H2,1-2H3. The lowest BCUT2D eigenvalue weighted by atomic mass is 10.0. The normalized spacial score (nSPS) is 17.5. The maximum atomic E-state index is 9.39. The predicted octanol–water partition coefficient (Wildman–Crippen LogP) is 3.77. The Hall–Kier alpha value is -0.930. The van der Waals surface area contributed by atoms with Crippen molar-refractivity contribution in [1.82, 2.24) is 0 Å². The van der Waals surface area contributed by atoms with Gasteiger partial charge in [0.05, 0.1) is 13.2 Å². The number of aliphatic hydroxyl groups is 1. The van der Waals surface area contributed by atoms with Crippen molar-refractivity contribution >= 4 is 11.6 Å². The van der Waals surface area contributed by atoms with E-state index in [0.29, 0.717) is 10.8 Å². The molecule has 1 fully saturated rings. The summed E-state index contributed by atoms with van der Waals surface area (Å²) in [5.41, 5.74) is 0.916. The van der Waals surface area contributed by atoms with Crippen LogP contribution in [0.15, 0.2) is 12.1 Å². The topological polar surface area (TPSA) is 38.7 Å². The quantitative estimate of drug-likeness (QED) is 0.894. The minimum Gasteiger partial charge on any atom is -0.493 e. The second kappa shape index (κ2) is 6.49.